The maximum atomic E-state index is 11.5. The molecule has 206 valence electrons. The Morgan fingerprint density at radius 3 is 1.42 bits per heavy atom. The number of ether oxygens (including phenoxy) is 3. The number of esters is 3. The molecule has 0 aliphatic carbocycles. The SMILES string of the molecule is CCCCCCCCCCCCCCOC(=O)C(C)O.CCOC(=O)c1ccccc1C(=O)OCC. The van der Waals surface area contributed by atoms with E-state index in [1.807, 2.05) is 0 Å². The van der Waals surface area contributed by atoms with Crippen molar-refractivity contribution >= 4 is 17.9 Å². The largest absolute Gasteiger partial charge is 0.464 e. The molecule has 0 saturated heterocycles. The Morgan fingerprint density at radius 2 is 1.06 bits per heavy atom. The summed E-state index contributed by atoms with van der Waals surface area (Å²) in [5.74, 6) is -1.52. The zero-order chi connectivity index (χ0) is 27.0. The third kappa shape index (κ3) is 17.1. The summed E-state index contributed by atoms with van der Waals surface area (Å²) in [6, 6.07) is 6.44. The minimum Gasteiger partial charge on any atom is -0.464 e. The molecule has 1 rings (SSSR count). The van der Waals surface area contributed by atoms with E-state index in [-0.39, 0.29) is 24.3 Å². The van der Waals surface area contributed by atoms with Gasteiger partial charge in [0.1, 0.15) is 6.10 Å². The molecule has 7 nitrogen and oxygen atoms in total. The second-order valence-corrected chi connectivity index (χ2v) is 8.72. The normalized spacial score (nSPS) is 11.1. The Morgan fingerprint density at radius 1 is 0.667 bits per heavy atom. The topological polar surface area (TPSA) is 99.1 Å². The van der Waals surface area contributed by atoms with Crippen LogP contribution in [0, 0.1) is 0 Å². The summed E-state index contributed by atoms with van der Waals surface area (Å²) >= 11 is 0. The maximum Gasteiger partial charge on any atom is 0.338 e. The molecule has 0 amide bonds. The Kier molecular flexibility index (Phi) is 21.5. The third-order valence-corrected chi connectivity index (χ3v) is 5.50. The van der Waals surface area contributed by atoms with Gasteiger partial charge in [-0.25, -0.2) is 14.4 Å². The first-order chi connectivity index (χ1) is 17.4. The van der Waals surface area contributed by atoms with Crippen molar-refractivity contribution in [2.45, 2.75) is 111 Å². The first-order valence-electron chi connectivity index (χ1n) is 13.7. The second kappa shape index (κ2) is 23.0. The molecule has 0 heterocycles. The molecule has 0 aliphatic rings. The Bertz CT molecular complexity index is 678. The molecule has 1 atom stereocenters. The van der Waals surface area contributed by atoms with E-state index in [1.165, 1.54) is 71.1 Å². The minimum atomic E-state index is -0.993. The van der Waals surface area contributed by atoms with Crippen molar-refractivity contribution in [3.05, 3.63) is 35.4 Å². The number of hydrogen-bond donors (Lipinski definition) is 1. The fourth-order valence-corrected chi connectivity index (χ4v) is 3.49. The summed E-state index contributed by atoms with van der Waals surface area (Å²) in [6.45, 7) is 8.11. The fourth-order valence-electron chi connectivity index (χ4n) is 3.49. The molecule has 0 aliphatic heterocycles. The van der Waals surface area contributed by atoms with Gasteiger partial charge in [-0.05, 0) is 39.3 Å². The zero-order valence-electron chi connectivity index (χ0n) is 22.9. The summed E-state index contributed by atoms with van der Waals surface area (Å²) in [6.07, 6.45) is 14.6. The van der Waals surface area contributed by atoms with Gasteiger partial charge in [0.05, 0.1) is 30.9 Å². The number of aliphatic hydroxyl groups excluding tert-OH is 1. The quantitative estimate of drug-likeness (QED) is 0.135. The van der Waals surface area contributed by atoms with Gasteiger partial charge in [-0.1, -0.05) is 89.7 Å². The standard InChI is InChI=1S/C17H34O3.C12H14O4/c1-3-4-5-6-7-8-9-10-11-12-13-14-15-20-17(19)16(2)18;1-3-15-11(13)9-7-5-6-8-10(9)12(14)16-4-2/h16,18H,3-15H2,1-2H3;5-8H,3-4H2,1-2H3. The lowest BCUT2D eigenvalue weighted by atomic mass is 10.1. The lowest BCUT2D eigenvalue weighted by Gasteiger charge is -2.07. The number of rotatable bonds is 18. The first-order valence-corrected chi connectivity index (χ1v) is 13.7. The zero-order valence-corrected chi connectivity index (χ0v) is 22.9. The number of carbonyl (C=O) groups is 3. The number of carbonyl (C=O) groups excluding carboxylic acids is 3. The number of aliphatic hydroxyl groups is 1. The van der Waals surface area contributed by atoms with Gasteiger partial charge >= 0.3 is 17.9 Å². The van der Waals surface area contributed by atoms with Gasteiger partial charge in [0.25, 0.3) is 0 Å². The summed E-state index contributed by atoms with van der Waals surface area (Å²) < 4.78 is 14.6. The monoisotopic (exact) mass is 508 g/mol. The van der Waals surface area contributed by atoms with Crippen molar-refractivity contribution in [1.29, 1.82) is 0 Å². The summed E-state index contributed by atoms with van der Waals surface area (Å²) in [5.41, 5.74) is 0.477. The first kappa shape index (κ1) is 33.6. The van der Waals surface area contributed by atoms with Gasteiger partial charge in [0.15, 0.2) is 0 Å². The van der Waals surface area contributed by atoms with Crippen LogP contribution in [0.25, 0.3) is 0 Å². The average molecular weight is 509 g/mol. The smallest absolute Gasteiger partial charge is 0.338 e. The van der Waals surface area contributed by atoms with Crippen molar-refractivity contribution in [3.8, 4) is 0 Å². The minimum absolute atomic E-state index is 0.239. The second-order valence-electron chi connectivity index (χ2n) is 8.72. The molecule has 1 N–H and O–H groups in total. The van der Waals surface area contributed by atoms with E-state index in [1.54, 1.807) is 38.1 Å². The molecule has 0 bridgehead atoms. The number of hydrogen-bond acceptors (Lipinski definition) is 7. The van der Waals surface area contributed by atoms with Crippen molar-refractivity contribution in [1.82, 2.24) is 0 Å². The molecule has 0 fully saturated rings. The molecule has 1 aromatic rings. The van der Waals surface area contributed by atoms with E-state index in [0.717, 1.165) is 12.8 Å². The maximum absolute atomic E-state index is 11.5. The Balaban J connectivity index is 0.000000696. The Hall–Kier alpha value is -2.41. The molecule has 0 spiro atoms. The van der Waals surface area contributed by atoms with E-state index >= 15 is 0 Å². The predicted octanol–water partition coefficient (Wildman–Crippen LogP) is 6.65. The van der Waals surface area contributed by atoms with Crippen LogP contribution in [0.4, 0.5) is 0 Å². The molecule has 36 heavy (non-hydrogen) atoms. The van der Waals surface area contributed by atoms with E-state index in [9.17, 15) is 14.4 Å². The average Bonchev–Trinajstić information content (AvgIpc) is 2.87. The number of unbranched alkanes of at least 4 members (excludes halogenated alkanes) is 11. The van der Waals surface area contributed by atoms with E-state index in [2.05, 4.69) is 6.92 Å². The highest BCUT2D eigenvalue weighted by Crippen LogP contribution is 2.13. The predicted molar refractivity (Wildman–Crippen MR) is 142 cm³/mol. The van der Waals surface area contributed by atoms with Crippen LogP contribution in [0.15, 0.2) is 24.3 Å². The molecular weight excluding hydrogens is 460 g/mol. The molecule has 1 aromatic carbocycles. The van der Waals surface area contributed by atoms with Gasteiger partial charge in [-0.15, -0.1) is 0 Å². The van der Waals surface area contributed by atoms with Crippen molar-refractivity contribution in [3.63, 3.8) is 0 Å². The van der Waals surface area contributed by atoms with Crippen LogP contribution >= 0.6 is 0 Å². The van der Waals surface area contributed by atoms with Crippen molar-refractivity contribution < 1.29 is 33.7 Å². The number of benzene rings is 1. The lowest BCUT2D eigenvalue weighted by molar-refractivity contribution is -0.152. The van der Waals surface area contributed by atoms with Gasteiger partial charge in [0.2, 0.25) is 0 Å². The van der Waals surface area contributed by atoms with E-state index in [4.69, 9.17) is 19.3 Å². The van der Waals surface area contributed by atoms with Gasteiger partial charge in [0, 0.05) is 0 Å². The highest BCUT2D eigenvalue weighted by Gasteiger charge is 2.17. The van der Waals surface area contributed by atoms with Crippen LogP contribution in [-0.2, 0) is 19.0 Å². The summed E-state index contributed by atoms with van der Waals surface area (Å²) in [4.78, 5) is 34.1. The van der Waals surface area contributed by atoms with Gasteiger partial charge in [-0.2, -0.15) is 0 Å². The third-order valence-electron chi connectivity index (χ3n) is 5.50. The van der Waals surface area contributed by atoms with Crippen LogP contribution < -0.4 is 0 Å². The summed E-state index contributed by atoms with van der Waals surface area (Å²) in [7, 11) is 0. The summed E-state index contributed by atoms with van der Waals surface area (Å²) in [5, 5.41) is 8.94. The van der Waals surface area contributed by atoms with Crippen LogP contribution in [0.3, 0.4) is 0 Å². The molecule has 0 aromatic heterocycles. The molecule has 0 radical (unpaired) electrons. The van der Waals surface area contributed by atoms with Gasteiger partial charge in [-0.3, -0.25) is 0 Å². The van der Waals surface area contributed by atoms with Crippen molar-refractivity contribution in [2.75, 3.05) is 19.8 Å². The highest BCUT2D eigenvalue weighted by molar-refractivity contribution is 6.03. The van der Waals surface area contributed by atoms with Crippen LogP contribution in [-0.4, -0.2) is 48.9 Å². The highest BCUT2D eigenvalue weighted by atomic mass is 16.5. The van der Waals surface area contributed by atoms with E-state index in [0.29, 0.717) is 6.61 Å². The molecule has 0 saturated carbocycles. The van der Waals surface area contributed by atoms with Crippen LogP contribution in [0.1, 0.15) is 125 Å². The fraction of sp³-hybridized carbons (Fsp3) is 0.690. The molecule has 1 unspecified atom stereocenters. The Labute approximate surface area is 217 Å². The van der Waals surface area contributed by atoms with Gasteiger partial charge < -0.3 is 19.3 Å². The van der Waals surface area contributed by atoms with E-state index < -0.39 is 24.0 Å². The van der Waals surface area contributed by atoms with Crippen LogP contribution in [0.5, 0.6) is 0 Å². The van der Waals surface area contributed by atoms with Crippen LogP contribution in [0.2, 0.25) is 0 Å². The van der Waals surface area contributed by atoms with Crippen molar-refractivity contribution in [2.24, 2.45) is 0 Å². The molecule has 7 heteroatoms. The molecular formula is C29H48O7. The lowest BCUT2D eigenvalue weighted by Crippen LogP contribution is -2.19.